The Bertz CT molecular complexity index is 1140. The molecule has 9 heteroatoms. The van der Waals surface area contributed by atoms with Gasteiger partial charge in [0.25, 0.3) is 0 Å². The third-order valence-electron chi connectivity index (χ3n) is 7.55. The van der Waals surface area contributed by atoms with E-state index in [4.69, 9.17) is 4.74 Å². The SMILES string of the molecule is COc1ccc(NC(=O)C2N(CCO)C(=O)[C@@H]3[C@@H](C(=O)Nc4ccccc4)[C@@]4(C)CCC23S4)cc1. The third-order valence-corrected chi connectivity index (χ3v) is 9.53. The number of nitrogens with one attached hydrogen (secondary N) is 2. The molecule has 3 aliphatic heterocycles. The topological polar surface area (TPSA) is 108 Å². The number of hydrogen-bond donors (Lipinski definition) is 3. The van der Waals surface area contributed by atoms with E-state index in [0.29, 0.717) is 23.5 Å². The Labute approximate surface area is 208 Å². The summed E-state index contributed by atoms with van der Waals surface area (Å²) < 4.78 is 4.00. The largest absolute Gasteiger partial charge is 0.497 e. The van der Waals surface area contributed by atoms with E-state index in [9.17, 15) is 19.5 Å². The van der Waals surface area contributed by atoms with Crippen molar-refractivity contribution in [1.29, 1.82) is 0 Å². The maximum atomic E-state index is 13.7. The van der Waals surface area contributed by atoms with Crippen LogP contribution in [0.3, 0.4) is 0 Å². The highest BCUT2D eigenvalue weighted by Crippen LogP contribution is 2.71. The van der Waals surface area contributed by atoms with Crippen molar-refractivity contribution < 1.29 is 24.2 Å². The minimum Gasteiger partial charge on any atom is -0.497 e. The molecule has 1 spiro atoms. The molecule has 0 aromatic heterocycles. The molecule has 3 N–H and O–H groups in total. The number of β-amino-alcohol motifs (C(OH)–C–C–N with tert-alkyl or cyclic N) is 1. The van der Waals surface area contributed by atoms with Crippen molar-refractivity contribution in [2.24, 2.45) is 11.8 Å². The number of rotatable bonds is 7. The second kappa shape index (κ2) is 8.87. The van der Waals surface area contributed by atoms with E-state index in [-0.39, 0.29) is 30.9 Å². The van der Waals surface area contributed by atoms with E-state index < -0.39 is 27.4 Å². The van der Waals surface area contributed by atoms with Gasteiger partial charge in [0.05, 0.1) is 30.3 Å². The number of nitrogens with zero attached hydrogens (tertiary/aromatic N) is 1. The van der Waals surface area contributed by atoms with Crippen molar-refractivity contribution in [1.82, 2.24) is 4.90 Å². The summed E-state index contributed by atoms with van der Waals surface area (Å²) in [6.45, 7) is 1.81. The fourth-order valence-electron chi connectivity index (χ4n) is 6.10. The molecule has 2 aromatic rings. The number of aliphatic hydroxyl groups is 1. The third kappa shape index (κ3) is 3.77. The van der Waals surface area contributed by atoms with Crippen molar-refractivity contribution in [3.63, 3.8) is 0 Å². The van der Waals surface area contributed by atoms with Crippen LogP contribution in [0.15, 0.2) is 54.6 Å². The molecule has 3 heterocycles. The summed E-state index contributed by atoms with van der Waals surface area (Å²) >= 11 is 1.60. The van der Waals surface area contributed by atoms with Crippen LogP contribution < -0.4 is 15.4 Å². The van der Waals surface area contributed by atoms with Crippen molar-refractivity contribution in [2.45, 2.75) is 35.3 Å². The summed E-state index contributed by atoms with van der Waals surface area (Å²) in [6, 6.07) is 15.4. The lowest BCUT2D eigenvalue weighted by Crippen LogP contribution is -2.52. The number of hydrogen-bond acceptors (Lipinski definition) is 6. The monoisotopic (exact) mass is 495 g/mol. The maximum Gasteiger partial charge on any atom is 0.248 e. The molecule has 0 aliphatic carbocycles. The minimum absolute atomic E-state index is 0.0437. The quantitative estimate of drug-likeness (QED) is 0.545. The number of aliphatic hydroxyl groups excluding tert-OH is 1. The van der Waals surface area contributed by atoms with E-state index in [0.717, 1.165) is 6.42 Å². The average Bonchev–Trinajstić information content (AvgIpc) is 3.41. The van der Waals surface area contributed by atoms with Crippen LogP contribution in [0.25, 0.3) is 0 Å². The highest BCUT2D eigenvalue weighted by molar-refractivity contribution is 8.02. The van der Waals surface area contributed by atoms with Gasteiger partial charge in [0.1, 0.15) is 11.8 Å². The molecule has 0 radical (unpaired) electrons. The zero-order valence-corrected chi connectivity index (χ0v) is 20.5. The van der Waals surface area contributed by atoms with Gasteiger partial charge in [-0.3, -0.25) is 14.4 Å². The number of benzene rings is 2. The Morgan fingerprint density at radius 2 is 1.71 bits per heavy atom. The fourth-order valence-corrected chi connectivity index (χ4v) is 8.46. The van der Waals surface area contributed by atoms with Gasteiger partial charge in [0.2, 0.25) is 17.7 Å². The van der Waals surface area contributed by atoms with Crippen molar-refractivity contribution in [2.75, 3.05) is 30.9 Å². The second-order valence-corrected chi connectivity index (χ2v) is 11.5. The Morgan fingerprint density at radius 3 is 2.37 bits per heavy atom. The molecule has 3 saturated heterocycles. The fraction of sp³-hybridized carbons (Fsp3) is 0.423. The summed E-state index contributed by atoms with van der Waals surface area (Å²) in [6.07, 6.45) is 1.38. The number of para-hydroxylation sites is 1. The summed E-state index contributed by atoms with van der Waals surface area (Å²) in [5.41, 5.74) is 1.27. The molecule has 2 unspecified atom stereocenters. The Morgan fingerprint density at radius 1 is 1.06 bits per heavy atom. The molecule has 5 rings (SSSR count). The number of anilines is 2. The van der Waals surface area contributed by atoms with E-state index in [2.05, 4.69) is 10.6 Å². The molecular weight excluding hydrogens is 466 g/mol. The molecule has 35 heavy (non-hydrogen) atoms. The zero-order chi connectivity index (χ0) is 24.8. The van der Waals surface area contributed by atoms with Gasteiger partial charge in [0.15, 0.2) is 0 Å². The van der Waals surface area contributed by atoms with Gasteiger partial charge in [-0.15, -0.1) is 11.8 Å². The lowest BCUT2D eigenvalue weighted by Gasteiger charge is -2.34. The van der Waals surface area contributed by atoms with Crippen molar-refractivity contribution in [3.8, 4) is 5.75 Å². The number of carbonyl (C=O) groups is 3. The van der Waals surface area contributed by atoms with Crippen LogP contribution >= 0.6 is 11.8 Å². The standard InChI is InChI=1S/C26H29N3O5S/c1-25-12-13-26(35-25)20(19(25)22(31)27-16-6-4-3-5-7-16)24(33)29(14-15-30)21(26)23(32)28-17-8-10-18(34-2)11-9-17/h3-11,19-21,30H,12-15H2,1-2H3,(H,27,31)(H,28,32)/t19-,20-,21?,25+,26?/m0/s1. The average molecular weight is 496 g/mol. The summed E-state index contributed by atoms with van der Waals surface area (Å²) in [5, 5.41) is 15.6. The number of methoxy groups -OCH3 is 1. The highest BCUT2D eigenvalue weighted by atomic mass is 32.2. The first kappa shape index (κ1) is 23.7. The number of fused-ring (bicyclic) bond motifs is 1. The Kier molecular flexibility index (Phi) is 6.01. The van der Waals surface area contributed by atoms with Gasteiger partial charge in [-0.1, -0.05) is 18.2 Å². The summed E-state index contributed by atoms with van der Waals surface area (Å²) in [5.74, 6) is -1.28. The minimum atomic E-state index is -0.782. The van der Waals surface area contributed by atoms with Crippen LogP contribution in [-0.4, -0.2) is 63.5 Å². The van der Waals surface area contributed by atoms with Crippen LogP contribution in [0.4, 0.5) is 11.4 Å². The lowest BCUT2D eigenvalue weighted by molar-refractivity contribution is -0.139. The van der Waals surface area contributed by atoms with Gasteiger partial charge >= 0.3 is 0 Å². The highest BCUT2D eigenvalue weighted by Gasteiger charge is 2.77. The van der Waals surface area contributed by atoms with Gasteiger partial charge in [-0.05, 0) is 56.2 Å². The molecule has 5 atom stereocenters. The van der Waals surface area contributed by atoms with Gasteiger partial charge in [0, 0.05) is 22.7 Å². The summed E-state index contributed by atoms with van der Waals surface area (Å²) in [4.78, 5) is 42.4. The van der Waals surface area contributed by atoms with Crippen LogP contribution in [-0.2, 0) is 14.4 Å². The summed E-state index contributed by atoms with van der Waals surface area (Å²) in [7, 11) is 1.57. The van der Waals surface area contributed by atoms with Crippen LogP contribution in [0.2, 0.25) is 0 Å². The molecule has 3 fully saturated rings. The Hall–Kier alpha value is -3.04. The lowest BCUT2D eigenvalue weighted by atomic mass is 9.66. The Balaban J connectivity index is 1.47. The van der Waals surface area contributed by atoms with Crippen LogP contribution in [0.1, 0.15) is 19.8 Å². The number of carbonyl (C=O) groups excluding carboxylic acids is 3. The van der Waals surface area contributed by atoms with Crippen molar-refractivity contribution >= 4 is 40.9 Å². The van der Waals surface area contributed by atoms with E-state index >= 15 is 0 Å². The predicted octanol–water partition coefficient (Wildman–Crippen LogP) is 2.75. The zero-order valence-electron chi connectivity index (χ0n) is 19.7. The van der Waals surface area contributed by atoms with Crippen LogP contribution in [0.5, 0.6) is 5.75 Å². The predicted molar refractivity (Wildman–Crippen MR) is 134 cm³/mol. The van der Waals surface area contributed by atoms with E-state index in [1.165, 1.54) is 4.90 Å². The molecule has 2 aromatic carbocycles. The molecule has 8 nitrogen and oxygen atoms in total. The second-order valence-electron chi connectivity index (χ2n) is 9.56. The normalized spacial score (nSPS) is 30.8. The molecule has 2 bridgehead atoms. The first-order chi connectivity index (χ1) is 16.8. The van der Waals surface area contributed by atoms with Crippen molar-refractivity contribution in [3.05, 3.63) is 54.6 Å². The molecular formula is C26H29N3O5S. The maximum absolute atomic E-state index is 13.7. The number of amides is 3. The molecule has 3 aliphatic rings. The van der Waals surface area contributed by atoms with Gasteiger partial charge in [-0.25, -0.2) is 0 Å². The van der Waals surface area contributed by atoms with Gasteiger partial charge in [-0.2, -0.15) is 0 Å². The first-order valence-corrected chi connectivity index (χ1v) is 12.6. The van der Waals surface area contributed by atoms with E-state index in [1.54, 1.807) is 43.1 Å². The van der Waals surface area contributed by atoms with Gasteiger partial charge < -0.3 is 25.4 Å². The molecule has 184 valence electrons. The smallest absolute Gasteiger partial charge is 0.248 e. The van der Waals surface area contributed by atoms with Crippen LogP contribution in [0, 0.1) is 11.8 Å². The first-order valence-electron chi connectivity index (χ1n) is 11.8. The van der Waals surface area contributed by atoms with E-state index in [1.807, 2.05) is 37.3 Å². The number of thioether (sulfide) groups is 1. The number of ether oxygens (including phenoxy) is 1. The number of likely N-dealkylation sites (tertiary alicyclic amines) is 1. The molecule has 3 amide bonds. The molecule has 0 saturated carbocycles.